The average Bonchev–Trinajstić information content (AvgIpc) is 2.08. The van der Waals surface area contributed by atoms with Gasteiger partial charge in [-0.2, -0.15) is 0 Å². The van der Waals surface area contributed by atoms with Crippen molar-refractivity contribution in [3.8, 4) is 0 Å². The lowest BCUT2D eigenvalue weighted by Crippen LogP contribution is -2.01. The molecule has 0 radical (unpaired) electrons. The summed E-state index contributed by atoms with van der Waals surface area (Å²) in [6.45, 7) is 2.46. The smallest absolute Gasteiger partial charge is 0.293 e. The van der Waals surface area contributed by atoms with Crippen LogP contribution >= 0.6 is 11.6 Å². The Labute approximate surface area is 80.7 Å². The summed E-state index contributed by atoms with van der Waals surface area (Å²) < 4.78 is 0. The molecule has 1 aromatic carbocycles. The number of nitrogens with zero attached hydrogens (tertiary/aromatic N) is 1. The van der Waals surface area contributed by atoms with E-state index in [9.17, 15) is 10.1 Å². The summed E-state index contributed by atoms with van der Waals surface area (Å²) in [7, 11) is 0. The molecule has 0 saturated carbocycles. The number of nitrogens with one attached hydrogen (secondary N) is 1. The number of rotatable bonds is 3. The van der Waals surface area contributed by atoms with Crippen LogP contribution in [-0.2, 0) is 0 Å². The molecule has 0 bridgehead atoms. The zero-order valence-corrected chi connectivity index (χ0v) is 7.84. The molecule has 1 N–H and O–H groups in total. The lowest BCUT2D eigenvalue weighted by Gasteiger charge is -2.05. The Hall–Kier alpha value is -1.29. The summed E-state index contributed by atoms with van der Waals surface area (Å²) in [4.78, 5) is 10.1. The summed E-state index contributed by atoms with van der Waals surface area (Å²) in [5.74, 6) is 0. The highest BCUT2D eigenvalue weighted by atomic mass is 35.5. The van der Waals surface area contributed by atoms with Crippen molar-refractivity contribution in [2.75, 3.05) is 11.9 Å². The third-order valence-corrected chi connectivity index (χ3v) is 1.86. The predicted molar refractivity (Wildman–Crippen MR) is 52.3 cm³/mol. The first-order chi connectivity index (χ1) is 6.16. The third-order valence-electron chi connectivity index (χ3n) is 1.54. The van der Waals surface area contributed by atoms with Crippen LogP contribution in [0.1, 0.15) is 6.92 Å². The highest BCUT2D eigenvalue weighted by Crippen LogP contribution is 2.31. The summed E-state index contributed by atoms with van der Waals surface area (Å²) in [6.07, 6.45) is 0. The molecule has 0 aliphatic rings. The van der Waals surface area contributed by atoms with Crippen LogP contribution in [0.4, 0.5) is 11.4 Å². The van der Waals surface area contributed by atoms with Crippen molar-refractivity contribution in [1.82, 2.24) is 0 Å². The van der Waals surface area contributed by atoms with Gasteiger partial charge in [0.05, 0.1) is 9.95 Å². The van der Waals surface area contributed by atoms with Crippen LogP contribution in [0.5, 0.6) is 0 Å². The second-order valence-corrected chi connectivity index (χ2v) is 2.83. The largest absolute Gasteiger partial charge is 0.379 e. The molecule has 1 rings (SSSR count). The number of para-hydroxylation sites is 1. The maximum Gasteiger partial charge on any atom is 0.293 e. The monoisotopic (exact) mass is 200 g/mol. The molecule has 0 spiro atoms. The van der Waals surface area contributed by atoms with E-state index in [0.29, 0.717) is 17.3 Å². The van der Waals surface area contributed by atoms with Gasteiger partial charge >= 0.3 is 0 Å². The van der Waals surface area contributed by atoms with E-state index in [2.05, 4.69) is 5.32 Å². The Morgan fingerprint density at radius 1 is 1.62 bits per heavy atom. The Kier molecular flexibility index (Phi) is 3.08. The average molecular weight is 201 g/mol. The molecule has 13 heavy (non-hydrogen) atoms. The Balaban J connectivity index is 3.17. The van der Waals surface area contributed by atoms with Crippen molar-refractivity contribution < 1.29 is 4.92 Å². The number of hydrogen-bond donors (Lipinski definition) is 1. The Morgan fingerprint density at radius 3 is 2.85 bits per heavy atom. The van der Waals surface area contributed by atoms with E-state index in [4.69, 9.17) is 11.6 Å². The van der Waals surface area contributed by atoms with Gasteiger partial charge in [0.1, 0.15) is 5.69 Å². The van der Waals surface area contributed by atoms with Crippen molar-refractivity contribution in [2.24, 2.45) is 0 Å². The molecule has 0 aromatic heterocycles. The molecule has 4 nitrogen and oxygen atoms in total. The zero-order valence-electron chi connectivity index (χ0n) is 7.08. The fourth-order valence-electron chi connectivity index (χ4n) is 1.02. The summed E-state index contributed by atoms with van der Waals surface area (Å²) in [6, 6.07) is 4.59. The summed E-state index contributed by atoms with van der Waals surface area (Å²) >= 11 is 5.79. The van der Waals surface area contributed by atoms with Gasteiger partial charge in [0.25, 0.3) is 5.69 Å². The molecule has 5 heteroatoms. The van der Waals surface area contributed by atoms with E-state index in [1.54, 1.807) is 12.1 Å². The van der Waals surface area contributed by atoms with Crippen molar-refractivity contribution in [3.05, 3.63) is 33.3 Å². The number of hydrogen-bond acceptors (Lipinski definition) is 3. The SMILES string of the molecule is CCNc1c(Cl)cccc1[N+](=O)[O-]. The molecular formula is C8H9ClN2O2. The van der Waals surface area contributed by atoms with Gasteiger partial charge in [-0.3, -0.25) is 10.1 Å². The number of anilines is 1. The predicted octanol–water partition coefficient (Wildman–Crippen LogP) is 2.68. The quantitative estimate of drug-likeness (QED) is 0.603. The van der Waals surface area contributed by atoms with Gasteiger partial charge in [-0.1, -0.05) is 17.7 Å². The molecule has 0 aliphatic carbocycles. The van der Waals surface area contributed by atoms with Crippen molar-refractivity contribution in [1.29, 1.82) is 0 Å². The summed E-state index contributed by atoms with van der Waals surface area (Å²) in [5, 5.41) is 13.8. The van der Waals surface area contributed by atoms with Gasteiger partial charge < -0.3 is 5.32 Å². The molecule has 0 saturated heterocycles. The van der Waals surface area contributed by atoms with Crippen LogP contribution in [-0.4, -0.2) is 11.5 Å². The van der Waals surface area contributed by atoms with E-state index >= 15 is 0 Å². The van der Waals surface area contributed by atoms with E-state index < -0.39 is 4.92 Å². The fourth-order valence-corrected chi connectivity index (χ4v) is 1.25. The Morgan fingerprint density at radius 2 is 2.31 bits per heavy atom. The molecular weight excluding hydrogens is 192 g/mol. The summed E-state index contributed by atoms with van der Waals surface area (Å²) in [5.41, 5.74) is 0.394. The lowest BCUT2D eigenvalue weighted by atomic mass is 10.2. The number of nitro groups is 1. The first-order valence-electron chi connectivity index (χ1n) is 3.83. The van der Waals surface area contributed by atoms with Crippen LogP contribution in [0.2, 0.25) is 5.02 Å². The Bertz CT molecular complexity index is 328. The third kappa shape index (κ3) is 2.09. The second-order valence-electron chi connectivity index (χ2n) is 2.42. The van der Waals surface area contributed by atoms with E-state index in [-0.39, 0.29) is 5.69 Å². The molecule has 70 valence electrons. The van der Waals surface area contributed by atoms with Crippen LogP contribution in [0.15, 0.2) is 18.2 Å². The van der Waals surface area contributed by atoms with Crippen molar-refractivity contribution >= 4 is 23.0 Å². The van der Waals surface area contributed by atoms with Gasteiger partial charge in [0.2, 0.25) is 0 Å². The van der Waals surface area contributed by atoms with Crippen LogP contribution in [0.25, 0.3) is 0 Å². The normalized spacial score (nSPS) is 9.69. The van der Waals surface area contributed by atoms with Crippen LogP contribution < -0.4 is 5.32 Å². The van der Waals surface area contributed by atoms with Gasteiger partial charge in [-0.05, 0) is 13.0 Å². The molecule has 0 aliphatic heterocycles. The lowest BCUT2D eigenvalue weighted by molar-refractivity contribution is -0.383. The van der Waals surface area contributed by atoms with Crippen LogP contribution in [0.3, 0.4) is 0 Å². The zero-order chi connectivity index (χ0) is 9.84. The number of nitro benzene ring substituents is 1. The topological polar surface area (TPSA) is 55.2 Å². The van der Waals surface area contributed by atoms with Crippen LogP contribution in [0, 0.1) is 10.1 Å². The minimum absolute atomic E-state index is 0.00866. The first-order valence-corrected chi connectivity index (χ1v) is 4.21. The molecule has 0 fully saturated rings. The number of benzene rings is 1. The second kappa shape index (κ2) is 4.09. The highest BCUT2D eigenvalue weighted by Gasteiger charge is 2.14. The maximum absolute atomic E-state index is 10.6. The first kappa shape index (κ1) is 9.80. The minimum Gasteiger partial charge on any atom is -0.379 e. The molecule has 0 amide bonds. The fraction of sp³-hybridized carbons (Fsp3) is 0.250. The highest BCUT2D eigenvalue weighted by molar-refractivity contribution is 6.33. The van der Waals surface area contributed by atoms with Gasteiger partial charge in [-0.15, -0.1) is 0 Å². The molecule has 0 atom stereocenters. The number of halogens is 1. The molecule has 0 heterocycles. The molecule has 0 unspecified atom stereocenters. The maximum atomic E-state index is 10.6. The minimum atomic E-state index is -0.454. The standard InChI is InChI=1S/C8H9ClN2O2/c1-2-10-8-6(9)4-3-5-7(8)11(12)13/h3-5,10H,2H2,1H3. The van der Waals surface area contributed by atoms with Gasteiger partial charge in [0.15, 0.2) is 0 Å². The van der Waals surface area contributed by atoms with Gasteiger partial charge in [-0.25, -0.2) is 0 Å². The van der Waals surface area contributed by atoms with Gasteiger partial charge in [0, 0.05) is 12.6 Å². The van der Waals surface area contributed by atoms with Crippen molar-refractivity contribution in [2.45, 2.75) is 6.92 Å². The van der Waals surface area contributed by atoms with E-state index in [0.717, 1.165) is 0 Å². The molecule has 1 aromatic rings. The van der Waals surface area contributed by atoms with E-state index in [1.807, 2.05) is 6.92 Å². The van der Waals surface area contributed by atoms with E-state index in [1.165, 1.54) is 6.07 Å². The van der Waals surface area contributed by atoms with Crippen molar-refractivity contribution in [3.63, 3.8) is 0 Å².